The molecule has 0 atom stereocenters. The molecule has 0 spiro atoms. The van der Waals surface area contributed by atoms with E-state index in [9.17, 15) is 26.7 Å². The van der Waals surface area contributed by atoms with E-state index in [1.165, 1.54) is 0 Å². The molecule has 0 saturated carbocycles. The molecule has 0 aromatic carbocycles. The maximum Gasteiger partial charge on any atom is 0.417 e. The van der Waals surface area contributed by atoms with Crippen LogP contribution in [0.2, 0.25) is 0 Å². The van der Waals surface area contributed by atoms with E-state index in [1.54, 1.807) is 0 Å². The Bertz CT molecular complexity index is 460. The Hall–Kier alpha value is -1.25. The molecule has 1 aromatic rings. The molecule has 3 nitrogen and oxygen atoms in total. The van der Waals surface area contributed by atoms with Gasteiger partial charge in [-0.15, -0.1) is 0 Å². The summed E-state index contributed by atoms with van der Waals surface area (Å²) in [5, 5.41) is 8.48. The van der Waals surface area contributed by atoms with Gasteiger partial charge in [0.25, 0.3) is 6.43 Å². The number of aromatic carboxylic acids is 1. The molecule has 0 saturated heterocycles. The minimum atomic E-state index is -4.95. The summed E-state index contributed by atoms with van der Waals surface area (Å²) in [5.41, 5.74) is -3.84. The second-order valence-electron chi connectivity index (χ2n) is 2.86. The molecule has 1 heterocycles. The number of carbonyl (C=O) groups is 1. The molecule has 1 rings (SSSR count). The van der Waals surface area contributed by atoms with Crippen LogP contribution in [-0.2, 0) is 6.18 Å². The van der Waals surface area contributed by atoms with Gasteiger partial charge in [-0.3, -0.25) is 0 Å². The normalized spacial score (nSPS) is 11.9. The Morgan fingerprint density at radius 2 is 1.94 bits per heavy atom. The molecule has 0 bridgehead atoms. The lowest BCUT2D eigenvalue weighted by Crippen LogP contribution is -2.13. The van der Waals surface area contributed by atoms with Gasteiger partial charge in [-0.05, 0) is 22.0 Å². The summed E-state index contributed by atoms with van der Waals surface area (Å²) in [6, 6.07) is 0.193. The van der Waals surface area contributed by atoms with Crippen LogP contribution in [0.5, 0.6) is 0 Å². The summed E-state index contributed by atoms with van der Waals surface area (Å²) in [5.74, 6) is -1.81. The summed E-state index contributed by atoms with van der Waals surface area (Å²) < 4.78 is 61.1. The van der Waals surface area contributed by atoms with Crippen LogP contribution < -0.4 is 0 Å². The van der Waals surface area contributed by atoms with Crippen LogP contribution in [0, 0.1) is 0 Å². The number of hydrogen-bond acceptors (Lipinski definition) is 2. The summed E-state index contributed by atoms with van der Waals surface area (Å²) >= 11 is 2.35. The van der Waals surface area contributed by atoms with E-state index in [-0.39, 0.29) is 6.07 Å². The zero-order valence-corrected chi connectivity index (χ0v) is 9.31. The van der Waals surface area contributed by atoms with Crippen molar-refractivity contribution >= 4 is 21.9 Å². The van der Waals surface area contributed by atoms with E-state index in [1.807, 2.05) is 0 Å². The highest BCUT2D eigenvalue weighted by molar-refractivity contribution is 9.10. The highest BCUT2D eigenvalue weighted by Gasteiger charge is 2.36. The highest BCUT2D eigenvalue weighted by Crippen LogP contribution is 2.38. The summed E-state index contributed by atoms with van der Waals surface area (Å²) in [4.78, 5) is 13.4. The largest absolute Gasteiger partial charge is 0.477 e. The molecule has 94 valence electrons. The molecular weight excluding hydrogens is 317 g/mol. The van der Waals surface area contributed by atoms with Crippen LogP contribution in [-0.4, -0.2) is 16.1 Å². The van der Waals surface area contributed by atoms with Crippen LogP contribution in [0.25, 0.3) is 0 Å². The summed E-state index contributed by atoms with van der Waals surface area (Å²) in [6.45, 7) is 0. The molecule has 0 fully saturated rings. The van der Waals surface area contributed by atoms with E-state index in [2.05, 4.69) is 20.9 Å². The van der Waals surface area contributed by atoms with Crippen molar-refractivity contribution < 1.29 is 31.9 Å². The number of alkyl halides is 5. The molecule has 0 aliphatic rings. The smallest absolute Gasteiger partial charge is 0.417 e. The predicted octanol–water partition coefficient (Wildman–Crippen LogP) is 3.50. The second kappa shape index (κ2) is 4.55. The second-order valence-corrected chi connectivity index (χ2v) is 3.65. The number of aromatic nitrogens is 1. The van der Waals surface area contributed by atoms with E-state index in [0.717, 1.165) is 0 Å². The standard InChI is InChI=1S/C8H3BrF5NO2/c9-4-2(8(12,13)14)1-3(7(16)17)15-5(4)6(10)11/h1,6H,(H,16,17). The minimum Gasteiger partial charge on any atom is -0.477 e. The first-order valence-electron chi connectivity index (χ1n) is 3.93. The van der Waals surface area contributed by atoms with Gasteiger partial charge in [0.1, 0.15) is 11.4 Å². The van der Waals surface area contributed by atoms with Crippen molar-refractivity contribution in [2.24, 2.45) is 0 Å². The van der Waals surface area contributed by atoms with Gasteiger partial charge in [0.2, 0.25) is 0 Å². The van der Waals surface area contributed by atoms with Gasteiger partial charge < -0.3 is 5.11 Å². The predicted molar refractivity (Wildman–Crippen MR) is 48.9 cm³/mol. The maximum atomic E-state index is 12.4. The fraction of sp³-hybridized carbons (Fsp3) is 0.250. The van der Waals surface area contributed by atoms with Gasteiger partial charge in [-0.2, -0.15) is 13.2 Å². The molecule has 1 N–H and O–H groups in total. The zero-order valence-electron chi connectivity index (χ0n) is 7.73. The van der Waals surface area contributed by atoms with Gasteiger partial charge in [0.05, 0.1) is 10.0 Å². The maximum absolute atomic E-state index is 12.4. The van der Waals surface area contributed by atoms with Crippen LogP contribution in [0.15, 0.2) is 10.5 Å². The molecule has 0 aliphatic carbocycles. The van der Waals surface area contributed by atoms with Gasteiger partial charge in [-0.25, -0.2) is 18.6 Å². The van der Waals surface area contributed by atoms with Crippen molar-refractivity contribution in [3.05, 3.63) is 27.5 Å². The highest BCUT2D eigenvalue weighted by atomic mass is 79.9. The van der Waals surface area contributed by atoms with Crippen molar-refractivity contribution in [1.82, 2.24) is 4.98 Å². The number of carboxylic acids is 1. The van der Waals surface area contributed by atoms with Gasteiger partial charge >= 0.3 is 12.1 Å². The van der Waals surface area contributed by atoms with Crippen LogP contribution in [0.4, 0.5) is 22.0 Å². The van der Waals surface area contributed by atoms with Crippen LogP contribution >= 0.6 is 15.9 Å². The molecule has 9 heteroatoms. The lowest BCUT2D eigenvalue weighted by molar-refractivity contribution is -0.138. The Morgan fingerprint density at radius 1 is 1.41 bits per heavy atom. The Kier molecular flexibility index (Phi) is 3.70. The molecule has 0 aliphatic heterocycles. The van der Waals surface area contributed by atoms with E-state index in [4.69, 9.17) is 5.11 Å². The zero-order chi connectivity index (χ0) is 13.4. The van der Waals surface area contributed by atoms with E-state index >= 15 is 0 Å². The molecule has 0 unspecified atom stereocenters. The fourth-order valence-corrected chi connectivity index (χ4v) is 1.61. The third-order valence-corrected chi connectivity index (χ3v) is 2.55. The van der Waals surface area contributed by atoms with Crippen molar-refractivity contribution in [2.75, 3.05) is 0 Å². The minimum absolute atomic E-state index is 0.193. The first kappa shape index (κ1) is 13.8. The van der Waals surface area contributed by atoms with E-state index < -0.39 is 40.0 Å². The molecule has 1 aromatic heterocycles. The van der Waals surface area contributed by atoms with Gasteiger partial charge in [-0.1, -0.05) is 0 Å². The van der Waals surface area contributed by atoms with Crippen LogP contribution in [0.1, 0.15) is 28.2 Å². The molecule has 17 heavy (non-hydrogen) atoms. The lowest BCUT2D eigenvalue weighted by Gasteiger charge is -2.12. The third-order valence-electron chi connectivity index (χ3n) is 1.71. The summed E-state index contributed by atoms with van der Waals surface area (Å²) in [6.07, 6.45) is -8.26. The van der Waals surface area contributed by atoms with Gasteiger partial charge in [0.15, 0.2) is 0 Å². The number of carboxylic acid groups (broad SMARTS) is 1. The first-order chi connectivity index (χ1) is 7.64. The summed E-state index contributed by atoms with van der Waals surface area (Å²) in [7, 11) is 0. The topological polar surface area (TPSA) is 50.2 Å². The number of pyridine rings is 1. The number of hydrogen-bond donors (Lipinski definition) is 1. The van der Waals surface area contributed by atoms with Crippen molar-refractivity contribution in [2.45, 2.75) is 12.6 Å². The lowest BCUT2D eigenvalue weighted by atomic mass is 10.2. The van der Waals surface area contributed by atoms with Gasteiger partial charge in [0, 0.05) is 0 Å². The number of nitrogens with zero attached hydrogens (tertiary/aromatic N) is 1. The molecule has 0 radical (unpaired) electrons. The number of rotatable bonds is 2. The van der Waals surface area contributed by atoms with E-state index in [0.29, 0.717) is 0 Å². The number of halogens is 6. The quantitative estimate of drug-likeness (QED) is 0.849. The average molecular weight is 320 g/mol. The van der Waals surface area contributed by atoms with Crippen LogP contribution in [0.3, 0.4) is 0 Å². The fourth-order valence-electron chi connectivity index (χ4n) is 1.01. The Balaban J connectivity index is 3.55. The van der Waals surface area contributed by atoms with Crippen molar-refractivity contribution in [3.8, 4) is 0 Å². The monoisotopic (exact) mass is 319 g/mol. The van der Waals surface area contributed by atoms with Crippen molar-refractivity contribution in [1.29, 1.82) is 0 Å². The Labute approximate surface area is 99.4 Å². The van der Waals surface area contributed by atoms with Crippen molar-refractivity contribution in [3.63, 3.8) is 0 Å². The average Bonchev–Trinajstić information content (AvgIpc) is 2.15. The first-order valence-corrected chi connectivity index (χ1v) is 4.73. The third kappa shape index (κ3) is 2.90. The molecule has 0 amide bonds. The SMILES string of the molecule is O=C(O)c1cc(C(F)(F)F)c(Br)c(C(F)F)n1. The Morgan fingerprint density at radius 3 is 2.29 bits per heavy atom. The molecular formula is C8H3BrF5NO2.